The van der Waals surface area contributed by atoms with Gasteiger partial charge < -0.3 is 4.42 Å². The maximum atomic E-state index is 11.7. The van der Waals surface area contributed by atoms with E-state index in [0.717, 1.165) is 5.39 Å². The van der Waals surface area contributed by atoms with Crippen LogP contribution in [0.2, 0.25) is 0 Å². The summed E-state index contributed by atoms with van der Waals surface area (Å²) in [6, 6.07) is 9.06. The van der Waals surface area contributed by atoms with Gasteiger partial charge in [0.05, 0.1) is 0 Å². The molecule has 0 aliphatic heterocycles. The molecule has 5 nitrogen and oxygen atoms in total. The molecule has 5 heteroatoms. The standard InChI is InChI=1S/C11H7N3O2/c15-11-9(14-7-12-6-13-14)5-8-3-1-2-4-10(8)16-11/h1-7H. The molecule has 0 unspecified atom stereocenters. The van der Waals surface area contributed by atoms with Crippen LogP contribution in [0.5, 0.6) is 0 Å². The Balaban J connectivity index is 2.34. The third-order valence-electron chi connectivity index (χ3n) is 2.29. The van der Waals surface area contributed by atoms with Gasteiger partial charge in [0.2, 0.25) is 0 Å². The maximum absolute atomic E-state index is 11.7. The van der Waals surface area contributed by atoms with Gasteiger partial charge in [0.25, 0.3) is 0 Å². The second-order valence-corrected chi connectivity index (χ2v) is 3.30. The molecule has 0 fully saturated rings. The number of hydrogen-bond acceptors (Lipinski definition) is 4. The number of fused-ring (bicyclic) bond motifs is 1. The van der Waals surface area contributed by atoms with Gasteiger partial charge in [0.1, 0.15) is 18.2 Å². The fourth-order valence-electron chi connectivity index (χ4n) is 1.54. The molecule has 0 spiro atoms. The van der Waals surface area contributed by atoms with Gasteiger partial charge in [0.15, 0.2) is 5.69 Å². The van der Waals surface area contributed by atoms with Gasteiger partial charge in [-0.3, -0.25) is 0 Å². The SMILES string of the molecule is O=c1oc2ccccc2cc1-n1cncn1. The second kappa shape index (κ2) is 3.30. The van der Waals surface area contributed by atoms with Crippen molar-refractivity contribution in [3.05, 3.63) is 53.4 Å². The minimum atomic E-state index is -0.427. The van der Waals surface area contributed by atoms with E-state index in [2.05, 4.69) is 10.1 Å². The first-order chi connectivity index (χ1) is 7.84. The molecule has 1 aromatic carbocycles. The average Bonchev–Trinajstić information content (AvgIpc) is 2.81. The smallest absolute Gasteiger partial charge is 0.362 e. The molecule has 0 bridgehead atoms. The summed E-state index contributed by atoms with van der Waals surface area (Å²) in [7, 11) is 0. The van der Waals surface area contributed by atoms with Crippen LogP contribution in [0, 0.1) is 0 Å². The summed E-state index contributed by atoms with van der Waals surface area (Å²) in [5, 5.41) is 4.75. The highest BCUT2D eigenvalue weighted by Crippen LogP contribution is 2.13. The highest BCUT2D eigenvalue weighted by atomic mass is 16.4. The summed E-state index contributed by atoms with van der Waals surface area (Å²) < 4.78 is 6.56. The maximum Gasteiger partial charge on any atom is 0.362 e. The minimum Gasteiger partial charge on any atom is -0.421 e. The molecule has 0 radical (unpaired) electrons. The van der Waals surface area contributed by atoms with Crippen LogP contribution in [0.25, 0.3) is 16.7 Å². The number of benzene rings is 1. The van der Waals surface area contributed by atoms with Crippen molar-refractivity contribution in [1.82, 2.24) is 14.8 Å². The Hall–Kier alpha value is -2.43. The van der Waals surface area contributed by atoms with Crippen molar-refractivity contribution in [1.29, 1.82) is 0 Å². The molecule has 2 aromatic heterocycles. The van der Waals surface area contributed by atoms with Crippen LogP contribution < -0.4 is 5.63 Å². The summed E-state index contributed by atoms with van der Waals surface area (Å²) in [6.45, 7) is 0. The topological polar surface area (TPSA) is 60.9 Å². The molecule has 0 atom stereocenters. The Kier molecular flexibility index (Phi) is 1.83. The van der Waals surface area contributed by atoms with Crippen LogP contribution in [0.15, 0.2) is 52.2 Å². The third-order valence-corrected chi connectivity index (χ3v) is 2.29. The largest absolute Gasteiger partial charge is 0.421 e. The van der Waals surface area contributed by atoms with E-state index in [4.69, 9.17) is 4.42 Å². The molecule has 3 aromatic rings. The monoisotopic (exact) mass is 213 g/mol. The van der Waals surface area contributed by atoms with Crippen LogP contribution in [0.1, 0.15) is 0 Å². The number of para-hydroxylation sites is 1. The van der Waals surface area contributed by atoms with Gasteiger partial charge >= 0.3 is 5.63 Å². The number of aromatic nitrogens is 3. The highest BCUT2D eigenvalue weighted by Gasteiger charge is 2.06. The van der Waals surface area contributed by atoms with Gasteiger partial charge in [-0.25, -0.2) is 14.5 Å². The summed E-state index contributed by atoms with van der Waals surface area (Å²) in [4.78, 5) is 15.5. The Bertz CT molecular complexity index is 686. The van der Waals surface area contributed by atoms with E-state index < -0.39 is 5.63 Å². The van der Waals surface area contributed by atoms with Crippen molar-refractivity contribution < 1.29 is 4.42 Å². The van der Waals surface area contributed by atoms with E-state index >= 15 is 0 Å². The van der Waals surface area contributed by atoms with Crippen molar-refractivity contribution in [3.63, 3.8) is 0 Å². The van der Waals surface area contributed by atoms with E-state index in [1.54, 1.807) is 12.1 Å². The summed E-state index contributed by atoms with van der Waals surface area (Å²) in [5.41, 5.74) is 0.497. The first-order valence-electron chi connectivity index (χ1n) is 4.72. The Morgan fingerprint density at radius 3 is 2.94 bits per heavy atom. The molecule has 0 saturated carbocycles. The number of nitrogens with zero attached hydrogens (tertiary/aromatic N) is 3. The highest BCUT2D eigenvalue weighted by molar-refractivity contribution is 5.77. The molecule has 16 heavy (non-hydrogen) atoms. The molecule has 3 rings (SSSR count). The normalized spacial score (nSPS) is 10.8. The van der Waals surface area contributed by atoms with Crippen molar-refractivity contribution in [2.75, 3.05) is 0 Å². The lowest BCUT2D eigenvalue weighted by atomic mass is 10.2. The van der Waals surface area contributed by atoms with Crippen LogP contribution >= 0.6 is 0 Å². The number of rotatable bonds is 1. The van der Waals surface area contributed by atoms with E-state index in [9.17, 15) is 4.79 Å². The third kappa shape index (κ3) is 1.30. The van der Waals surface area contributed by atoms with E-state index in [1.807, 2.05) is 18.2 Å². The van der Waals surface area contributed by atoms with Gasteiger partial charge in [0, 0.05) is 5.39 Å². The molecule has 0 amide bonds. The van der Waals surface area contributed by atoms with Gasteiger partial charge in [-0.15, -0.1) is 0 Å². The van der Waals surface area contributed by atoms with E-state index in [-0.39, 0.29) is 0 Å². The zero-order valence-corrected chi connectivity index (χ0v) is 8.20. The van der Waals surface area contributed by atoms with Crippen LogP contribution in [-0.2, 0) is 0 Å². The van der Waals surface area contributed by atoms with Gasteiger partial charge in [-0.1, -0.05) is 18.2 Å². The van der Waals surface area contributed by atoms with Gasteiger partial charge in [-0.2, -0.15) is 5.10 Å². The van der Waals surface area contributed by atoms with Crippen molar-refractivity contribution in [2.45, 2.75) is 0 Å². The van der Waals surface area contributed by atoms with Crippen LogP contribution in [0.3, 0.4) is 0 Å². The molecule has 0 aliphatic carbocycles. The summed E-state index contributed by atoms with van der Waals surface area (Å²) in [6.07, 6.45) is 2.83. The average molecular weight is 213 g/mol. The Morgan fingerprint density at radius 1 is 1.25 bits per heavy atom. The zero-order valence-electron chi connectivity index (χ0n) is 8.20. The second-order valence-electron chi connectivity index (χ2n) is 3.30. The minimum absolute atomic E-state index is 0.358. The Labute approximate surface area is 90.0 Å². The lowest BCUT2D eigenvalue weighted by molar-refractivity contribution is 0.552. The first kappa shape index (κ1) is 8.84. The molecule has 78 valence electrons. The Morgan fingerprint density at radius 2 is 2.12 bits per heavy atom. The lowest BCUT2D eigenvalue weighted by Gasteiger charge is -2.00. The molecule has 0 N–H and O–H groups in total. The fourth-order valence-corrected chi connectivity index (χ4v) is 1.54. The van der Waals surface area contributed by atoms with Crippen LogP contribution in [0.4, 0.5) is 0 Å². The molecule has 2 heterocycles. The van der Waals surface area contributed by atoms with Crippen LogP contribution in [-0.4, -0.2) is 14.8 Å². The van der Waals surface area contributed by atoms with Crippen molar-refractivity contribution in [3.8, 4) is 5.69 Å². The van der Waals surface area contributed by atoms with E-state index in [0.29, 0.717) is 11.3 Å². The molecule has 0 saturated heterocycles. The van der Waals surface area contributed by atoms with E-state index in [1.165, 1.54) is 17.3 Å². The number of hydrogen-bond donors (Lipinski definition) is 0. The predicted octanol–water partition coefficient (Wildman–Crippen LogP) is 1.37. The van der Waals surface area contributed by atoms with Crippen molar-refractivity contribution >= 4 is 11.0 Å². The first-order valence-corrected chi connectivity index (χ1v) is 4.72. The predicted molar refractivity (Wildman–Crippen MR) is 57.4 cm³/mol. The fraction of sp³-hybridized carbons (Fsp3) is 0. The van der Waals surface area contributed by atoms with Crippen molar-refractivity contribution in [2.24, 2.45) is 0 Å². The lowest BCUT2D eigenvalue weighted by Crippen LogP contribution is -2.10. The molecular weight excluding hydrogens is 206 g/mol. The summed E-state index contributed by atoms with van der Waals surface area (Å²) >= 11 is 0. The molecule has 0 aliphatic rings. The quantitative estimate of drug-likeness (QED) is 0.573. The molecular formula is C11H7N3O2. The summed E-state index contributed by atoms with van der Waals surface area (Å²) in [5.74, 6) is 0. The van der Waals surface area contributed by atoms with Gasteiger partial charge in [-0.05, 0) is 12.1 Å². The zero-order chi connectivity index (χ0) is 11.0.